The van der Waals surface area contributed by atoms with Gasteiger partial charge >= 0.3 is 5.69 Å². The molecule has 2 aromatic rings. The molecule has 124 valence electrons. The van der Waals surface area contributed by atoms with Gasteiger partial charge in [0.25, 0.3) is 5.56 Å². The average Bonchev–Trinajstić information content (AvgIpc) is 2.54. The average molecular weight is 391 g/mol. The maximum absolute atomic E-state index is 12.2. The summed E-state index contributed by atoms with van der Waals surface area (Å²) in [5.41, 5.74) is -0.0275. The van der Waals surface area contributed by atoms with E-state index >= 15 is 0 Å². The SMILES string of the molecule is CCn1cc(C#N)c(=O)n(CC(=O)Nc2ccc(C)cc2Br)c1=O. The third-order valence-corrected chi connectivity index (χ3v) is 4.05. The fraction of sp³-hybridized carbons (Fsp3) is 0.250. The highest BCUT2D eigenvalue weighted by Crippen LogP contribution is 2.23. The van der Waals surface area contributed by atoms with Crippen LogP contribution in [0.25, 0.3) is 0 Å². The smallest absolute Gasteiger partial charge is 0.323 e. The summed E-state index contributed by atoms with van der Waals surface area (Å²) in [7, 11) is 0. The summed E-state index contributed by atoms with van der Waals surface area (Å²) in [5, 5.41) is 11.6. The Morgan fingerprint density at radius 3 is 2.67 bits per heavy atom. The molecule has 24 heavy (non-hydrogen) atoms. The van der Waals surface area contributed by atoms with Crippen LogP contribution >= 0.6 is 15.9 Å². The van der Waals surface area contributed by atoms with Gasteiger partial charge in [-0.3, -0.25) is 14.2 Å². The minimum absolute atomic E-state index is 0.180. The fourth-order valence-electron chi connectivity index (χ4n) is 2.15. The lowest BCUT2D eigenvalue weighted by Gasteiger charge is -2.11. The van der Waals surface area contributed by atoms with Gasteiger partial charge in [0, 0.05) is 17.2 Å². The van der Waals surface area contributed by atoms with E-state index in [1.54, 1.807) is 19.1 Å². The Labute approximate surface area is 146 Å². The Balaban J connectivity index is 2.34. The van der Waals surface area contributed by atoms with Crippen LogP contribution < -0.4 is 16.6 Å². The van der Waals surface area contributed by atoms with Gasteiger partial charge in [0.05, 0.1) is 5.69 Å². The second kappa shape index (κ2) is 7.27. The highest BCUT2D eigenvalue weighted by molar-refractivity contribution is 9.10. The molecule has 0 unspecified atom stereocenters. The van der Waals surface area contributed by atoms with E-state index in [1.165, 1.54) is 10.8 Å². The Hall–Kier alpha value is -2.66. The standard InChI is InChI=1S/C16H15BrN4O3/c1-3-20-8-11(7-18)15(23)21(16(20)24)9-14(22)19-13-5-4-10(2)6-12(13)17/h4-6,8H,3,9H2,1-2H3,(H,19,22). The quantitative estimate of drug-likeness (QED) is 0.857. The van der Waals surface area contributed by atoms with Crippen molar-refractivity contribution in [3.63, 3.8) is 0 Å². The number of hydrogen-bond acceptors (Lipinski definition) is 4. The molecule has 0 radical (unpaired) electrons. The second-order valence-corrected chi connectivity index (χ2v) is 6.00. The number of nitriles is 1. The summed E-state index contributed by atoms with van der Waals surface area (Å²) in [6, 6.07) is 7.12. The van der Waals surface area contributed by atoms with Crippen LogP contribution in [-0.2, 0) is 17.9 Å². The van der Waals surface area contributed by atoms with Crippen molar-refractivity contribution in [2.24, 2.45) is 0 Å². The molecule has 7 nitrogen and oxygen atoms in total. The number of halogens is 1. The summed E-state index contributed by atoms with van der Waals surface area (Å²) in [5.74, 6) is -0.531. The molecule has 1 heterocycles. The summed E-state index contributed by atoms with van der Waals surface area (Å²) in [6.07, 6.45) is 1.20. The van der Waals surface area contributed by atoms with Crippen molar-refractivity contribution in [2.45, 2.75) is 26.9 Å². The number of aryl methyl sites for hydroxylation is 2. The van der Waals surface area contributed by atoms with Crippen molar-refractivity contribution < 1.29 is 4.79 Å². The van der Waals surface area contributed by atoms with E-state index in [1.807, 2.05) is 19.1 Å². The first-order valence-electron chi connectivity index (χ1n) is 7.17. The third kappa shape index (κ3) is 3.63. The van der Waals surface area contributed by atoms with Gasteiger partial charge in [0.1, 0.15) is 18.2 Å². The van der Waals surface area contributed by atoms with E-state index in [4.69, 9.17) is 5.26 Å². The van der Waals surface area contributed by atoms with Crippen LogP contribution in [0.15, 0.2) is 38.5 Å². The molecular formula is C16H15BrN4O3. The highest BCUT2D eigenvalue weighted by atomic mass is 79.9. The molecule has 2 rings (SSSR count). The summed E-state index contributed by atoms with van der Waals surface area (Å²) in [6.45, 7) is 3.45. The summed E-state index contributed by atoms with van der Waals surface area (Å²) < 4.78 is 2.68. The number of anilines is 1. The first kappa shape index (κ1) is 17.7. The van der Waals surface area contributed by atoms with Crippen LogP contribution in [0, 0.1) is 18.3 Å². The monoisotopic (exact) mass is 390 g/mol. The molecule has 0 saturated heterocycles. The zero-order valence-electron chi connectivity index (χ0n) is 13.2. The number of amides is 1. The molecule has 0 spiro atoms. The Bertz CT molecular complexity index is 953. The zero-order valence-corrected chi connectivity index (χ0v) is 14.8. The minimum Gasteiger partial charge on any atom is -0.323 e. The molecule has 0 fully saturated rings. The van der Waals surface area contributed by atoms with Gasteiger partial charge in [-0.1, -0.05) is 6.07 Å². The van der Waals surface area contributed by atoms with Crippen LogP contribution in [0.4, 0.5) is 5.69 Å². The van der Waals surface area contributed by atoms with Crippen LogP contribution in [0.5, 0.6) is 0 Å². The normalized spacial score (nSPS) is 10.2. The molecule has 1 N–H and O–H groups in total. The number of carbonyl (C=O) groups excluding carboxylic acids is 1. The molecule has 1 amide bonds. The predicted octanol–water partition coefficient (Wildman–Crippen LogP) is 1.61. The van der Waals surface area contributed by atoms with Gasteiger partial charge in [0.2, 0.25) is 5.91 Å². The van der Waals surface area contributed by atoms with Crippen molar-refractivity contribution in [1.29, 1.82) is 5.26 Å². The van der Waals surface area contributed by atoms with Crippen molar-refractivity contribution in [2.75, 3.05) is 5.32 Å². The largest absolute Gasteiger partial charge is 0.331 e. The van der Waals surface area contributed by atoms with E-state index in [0.29, 0.717) is 16.7 Å². The molecule has 8 heteroatoms. The van der Waals surface area contributed by atoms with Gasteiger partial charge in [-0.05, 0) is 47.5 Å². The van der Waals surface area contributed by atoms with E-state index in [-0.39, 0.29) is 5.56 Å². The number of carbonyl (C=O) groups is 1. The number of hydrogen-bond donors (Lipinski definition) is 1. The molecule has 0 aliphatic carbocycles. The van der Waals surface area contributed by atoms with Gasteiger partial charge < -0.3 is 5.32 Å². The van der Waals surface area contributed by atoms with E-state index in [2.05, 4.69) is 21.2 Å². The topological polar surface area (TPSA) is 96.9 Å². The first-order chi connectivity index (χ1) is 11.4. The summed E-state index contributed by atoms with van der Waals surface area (Å²) in [4.78, 5) is 36.5. The number of nitrogens with zero attached hydrogens (tertiary/aromatic N) is 3. The Kier molecular flexibility index (Phi) is 5.36. The lowest BCUT2D eigenvalue weighted by Crippen LogP contribution is -2.43. The Morgan fingerprint density at radius 1 is 1.38 bits per heavy atom. The van der Waals surface area contributed by atoms with E-state index in [0.717, 1.165) is 10.1 Å². The lowest BCUT2D eigenvalue weighted by atomic mass is 10.2. The van der Waals surface area contributed by atoms with Gasteiger partial charge in [-0.25, -0.2) is 9.36 Å². The predicted molar refractivity (Wildman–Crippen MR) is 92.9 cm³/mol. The summed E-state index contributed by atoms with van der Waals surface area (Å²) >= 11 is 3.34. The highest BCUT2D eigenvalue weighted by Gasteiger charge is 2.14. The molecule has 0 saturated carbocycles. The van der Waals surface area contributed by atoms with Crippen molar-refractivity contribution in [1.82, 2.24) is 9.13 Å². The molecule has 0 aliphatic rings. The third-order valence-electron chi connectivity index (χ3n) is 3.40. The van der Waals surface area contributed by atoms with Crippen LogP contribution in [-0.4, -0.2) is 15.0 Å². The van der Waals surface area contributed by atoms with Gasteiger partial charge in [-0.15, -0.1) is 0 Å². The van der Waals surface area contributed by atoms with E-state index in [9.17, 15) is 14.4 Å². The number of nitrogens with one attached hydrogen (secondary N) is 1. The second-order valence-electron chi connectivity index (χ2n) is 5.15. The lowest BCUT2D eigenvalue weighted by molar-refractivity contribution is -0.116. The maximum atomic E-state index is 12.2. The fourth-order valence-corrected chi connectivity index (χ4v) is 2.74. The molecule has 0 atom stereocenters. The van der Waals surface area contributed by atoms with Crippen LogP contribution in [0.1, 0.15) is 18.1 Å². The number of aromatic nitrogens is 2. The van der Waals surface area contributed by atoms with E-state index < -0.39 is 23.7 Å². The molecule has 1 aromatic heterocycles. The minimum atomic E-state index is -0.773. The van der Waals surface area contributed by atoms with Gasteiger partial charge in [0.15, 0.2) is 0 Å². The van der Waals surface area contributed by atoms with Gasteiger partial charge in [-0.2, -0.15) is 5.26 Å². The zero-order chi connectivity index (χ0) is 17.9. The number of benzene rings is 1. The molecule has 0 bridgehead atoms. The maximum Gasteiger partial charge on any atom is 0.331 e. The molecular weight excluding hydrogens is 376 g/mol. The Morgan fingerprint density at radius 2 is 2.08 bits per heavy atom. The van der Waals surface area contributed by atoms with Crippen molar-refractivity contribution >= 4 is 27.5 Å². The van der Waals surface area contributed by atoms with Crippen LogP contribution in [0.2, 0.25) is 0 Å². The first-order valence-corrected chi connectivity index (χ1v) is 7.97. The van der Waals surface area contributed by atoms with Crippen molar-refractivity contribution in [3.8, 4) is 6.07 Å². The van der Waals surface area contributed by atoms with Crippen LogP contribution in [0.3, 0.4) is 0 Å². The number of rotatable bonds is 4. The van der Waals surface area contributed by atoms with Crippen molar-refractivity contribution in [3.05, 3.63) is 60.8 Å². The molecule has 1 aromatic carbocycles. The molecule has 0 aliphatic heterocycles.